The molecule has 0 saturated carbocycles. The summed E-state index contributed by atoms with van der Waals surface area (Å²) in [6.07, 6.45) is -2.71. The van der Waals surface area contributed by atoms with Crippen molar-refractivity contribution < 1.29 is 18.0 Å². The summed E-state index contributed by atoms with van der Waals surface area (Å²) in [7, 11) is 0. The Morgan fingerprint density at radius 1 is 1.19 bits per heavy atom. The largest absolute Gasteiger partial charge is 0.416 e. The smallest absolute Gasteiger partial charge is 0.344 e. The molecule has 0 unspecified atom stereocenters. The molecule has 32 heavy (non-hydrogen) atoms. The Morgan fingerprint density at radius 3 is 2.59 bits per heavy atom. The summed E-state index contributed by atoms with van der Waals surface area (Å²) in [5, 5.41) is 2.66. The van der Waals surface area contributed by atoms with E-state index < -0.39 is 29.2 Å². The zero-order chi connectivity index (χ0) is 23.0. The first-order valence-corrected chi connectivity index (χ1v) is 9.76. The molecule has 1 aliphatic rings. The maximum Gasteiger partial charge on any atom is 0.416 e. The van der Waals surface area contributed by atoms with Crippen LogP contribution in [0, 0.1) is 6.92 Å². The molecule has 8 nitrogen and oxygen atoms in total. The van der Waals surface area contributed by atoms with Gasteiger partial charge in [0.15, 0.2) is 0 Å². The fourth-order valence-electron chi connectivity index (χ4n) is 3.43. The number of halogens is 3. The van der Waals surface area contributed by atoms with Gasteiger partial charge in [-0.3, -0.25) is 14.6 Å². The average Bonchev–Trinajstić information content (AvgIpc) is 3.16. The SMILES string of the molecule is Cc1ncc2c(n1)CN(c1nc(C(=O)N[C@H](C)c3ccc(C(F)(F)F)cc3)cc(=O)[nH]1)C2. The van der Waals surface area contributed by atoms with E-state index in [1.54, 1.807) is 24.9 Å². The van der Waals surface area contributed by atoms with Gasteiger partial charge in [0, 0.05) is 24.4 Å². The number of fused-ring (bicyclic) bond motifs is 1. The van der Waals surface area contributed by atoms with Crippen LogP contribution >= 0.6 is 0 Å². The summed E-state index contributed by atoms with van der Waals surface area (Å²) >= 11 is 0. The second kappa shape index (κ2) is 8.06. The lowest BCUT2D eigenvalue weighted by Crippen LogP contribution is -2.30. The number of carbonyl (C=O) groups excluding carboxylic acids is 1. The number of hydrogen-bond donors (Lipinski definition) is 2. The van der Waals surface area contributed by atoms with Gasteiger partial charge in [-0.15, -0.1) is 0 Å². The van der Waals surface area contributed by atoms with Gasteiger partial charge < -0.3 is 10.2 Å². The fourth-order valence-corrected chi connectivity index (χ4v) is 3.43. The molecule has 0 aliphatic carbocycles. The highest BCUT2D eigenvalue weighted by atomic mass is 19.4. The predicted octanol–water partition coefficient (Wildman–Crippen LogP) is 2.90. The van der Waals surface area contributed by atoms with Gasteiger partial charge in [-0.05, 0) is 31.5 Å². The summed E-state index contributed by atoms with van der Waals surface area (Å²) < 4.78 is 38.2. The molecule has 1 amide bonds. The molecule has 11 heteroatoms. The van der Waals surface area contributed by atoms with Crippen LogP contribution in [0.5, 0.6) is 0 Å². The third kappa shape index (κ3) is 4.46. The van der Waals surface area contributed by atoms with Gasteiger partial charge >= 0.3 is 6.18 Å². The first kappa shape index (κ1) is 21.5. The van der Waals surface area contributed by atoms with Crippen molar-refractivity contribution in [1.82, 2.24) is 25.3 Å². The highest BCUT2D eigenvalue weighted by molar-refractivity contribution is 5.92. The Labute approximate surface area is 180 Å². The van der Waals surface area contributed by atoms with E-state index in [4.69, 9.17) is 0 Å². The van der Waals surface area contributed by atoms with Crippen LogP contribution in [0.3, 0.4) is 0 Å². The van der Waals surface area contributed by atoms with Crippen LogP contribution in [0.15, 0.2) is 41.3 Å². The summed E-state index contributed by atoms with van der Waals surface area (Å²) in [4.78, 5) is 42.1. The van der Waals surface area contributed by atoms with E-state index in [0.717, 1.165) is 29.5 Å². The van der Waals surface area contributed by atoms with Gasteiger partial charge in [0.05, 0.1) is 23.8 Å². The molecule has 0 radical (unpaired) electrons. The van der Waals surface area contributed by atoms with E-state index in [2.05, 4.69) is 25.3 Å². The van der Waals surface area contributed by atoms with Crippen LogP contribution in [0.25, 0.3) is 0 Å². The topological polar surface area (TPSA) is 104 Å². The Balaban J connectivity index is 1.50. The maximum atomic E-state index is 12.7. The van der Waals surface area contributed by atoms with Crippen molar-refractivity contribution in [2.45, 2.75) is 39.2 Å². The number of carbonyl (C=O) groups is 1. The summed E-state index contributed by atoms with van der Waals surface area (Å²) in [5.41, 5.74) is 0.851. The number of H-pyrrole nitrogens is 1. The number of nitrogens with zero attached hydrogens (tertiary/aromatic N) is 4. The van der Waals surface area contributed by atoms with E-state index in [1.165, 1.54) is 12.1 Å². The van der Waals surface area contributed by atoms with Crippen LogP contribution < -0.4 is 15.8 Å². The highest BCUT2D eigenvalue weighted by Gasteiger charge is 2.30. The van der Waals surface area contributed by atoms with E-state index >= 15 is 0 Å². The van der Waals surface area contributed by atoms with Crippen molar-refractivity contribution in [3.05, 3.63) is 80.8 Å². The van der Waals surface area contributed by atoms with Gasteiger partial charge in [-0.2, -0.15) is 13.2 Å². The molecular formula is C21H19F3N6O2. The van der Waals surface area contributed by atoms with Crippen LogP contribution in [0.1, 0.15) is 51.7 Å². The summed E-state index contributed by atoms with van der Waals surface area (Å²) in [5.74, 6) is 0.245. The molecule has 3 aromatic rings. The predicted molar refractivity (Wildman–Crippen MR) is 109 cm³/mol. The monoisotopic (exact) mass is 444 g/mol. The van der Waals surface area contributed by atoms with E-state index in [1.807, 2.05) is 0 Å². The first-order chi connectivity index (χ1) is 15.1. The van der Waals surface area contributed by atoms with Crippen molar-refractivity contribution in [2.75, 3.05) is 4.90 Å². The van der Waals surface area contributed by atoms with E-state index in [-0.39, 0.29) is 11.6 Å². The molecule has 0 bridgehead atoms. The number of benzene rings is 1. The number of hydrogen-bond acceptors (Lipinski definition) is 6. The summed E-state index contributed by atoms with van der Waals surface area (Å²) in [6, 6.07) is 4.99. The highest BCUT2D eigenvalue weighted by Crippen LogP contribution is 2.30. The van der Waals surface area contributed by atoms with Crippen LogP contribution in [-0.2, 0) is 19.3 Å². The summed E-state index contributed by atoms with van der Waals surface area (Å²) in [6.45, 7) is 4.26. The molecule has 0 spiro atoms. The van der Waals surface area contributed by atoms with Gasteiger partial charge in [-0.25, -0.2) is 15.0 Å². The lowest BCUT2D eigenvalue weighted by Gasteiger charge is -2.17. The third-order valence-corrected chi connectivity index (χ3v) is 5.12. The normalized spacial score (nSPS) is 14.2. The number of alkyl halides is 3. The standard InChI is InChI=1S/C21H19F3N6O2/c1-11(13-3-5-15(6-4-13)21(22,23)24)26-19(32)16-7-18(31)29-20(28-16)30-9-14-8-25-12(2)27-17(14)10-30/h3-8,11H,9-10H2,1-2H3,(H,26,32)(H,28,29,31)/t11-/m1/s1. The lowest BCUT2D eigenvalue weighted by molar-refractivity contribution is -0.137. The number of aromatic nitrogens is 4. The minimum absolute atomic E-state index is 0.0965. The van der Waals surface area contributed by atoms with Crippen molar-refractivity contribution in [2.24, 2.45) is 0 Å². The molecule has 1 aliphatic heterocycles. The first-order valence-electron chi connectivity index (χ1n) is 9.76. The Bertz CT molecular complexity index is 1220. The van der Waals surface area contributed by atoms with E-state index in [0.29, 0.717) is 24.5 Å². The van der Waals surface area contributed by atoms with Crippen molar-refractivity contribution >= 4 is 11.9 Å². The molecule has 1 aromatic carbocycles. The molecule has 0 fully saturated rings. The minimum atomic E-state index is -4.43. The van der Waals surface area contributed by atoms with Crippen LogP contribution in [0.2, 0.25) is 0 Å². The Hall–Kier alpha value is -3.76. The minimum Gasteiger partial charge on any atom is -0.344 e. The molecule has 1 atom stereocenters. The molecule has 2 N–H and O–H groups in total. The number of aromatic amines is 1. The van der Waals surface area contributed by atoms with Gasteiger partial charge in [0.1, 0.15) is 11.5 Å². The van der Waals surface area contributed by atoms with Crippen molar-refractivity contribution in [3.63, 3.8) is 0 Å². The second-order valence-corrected chi connectivity index (χ2v) is 7.51. The Morgan fingerprint density at radius 2 is 1.91 bits per heavy atom. The second-order valence-electron chi connectivity index (χ2n) is 7.51. The molecule has 2 aromatic heterocycles. The van der Waals surface area contributed by atoms with Gasteiger partial charge in [-0.1, -0.05) is 12.1 Å². The van der Waals surface area contributed by atoms with Crippen LogP contribution in [0.4, 0.5) is 19.1 Å². The van der Waals surface area contributed by atoms with E-state index in [9.17, 15) is 22.8 Å². The average molecular weight is 444 g/mol. The van der Waals surface area contributed by atoms with Crippen LogP contribution in [-0.4, -0.2) is 25.8 Å². The van der Waals surface area contributed by atoms with Crippen molar-refractivity contribution in [3.8, 4) is 0 Å². The lowest BCUT2D eigenvalue weighted by atomic mass is 10.1. The number of nitrogens with one attached hydrogen (secondary N) is 2. The van der Waals surface area contributed by atoms with Gasteiger partial charge in [0.2, 0.25) is 5.95 Å². The molecule has 166 valence electrons. The number of aryl methyl sites for hydroxylation is 1. The number of rotatable bonds is 4. The zero-order valence-electron chi connectivity index (χ0n) is 17.2. The quantitative estimate of drug-likeness (QED) is 0.641. The fraction of sp³-hybridized carbons (Fsp3) is 0.286. The molecule has 0 saturated heterocycles. The number of anilines is 1. The van der Waals surface area contributed by atoms with Crippen molar-refractivity contribution in [1.29, 1.82) is 0 Å². The maximum absolute atomic E-state index is 12.7. The zero-order valence-corrected chi connectivity index (χ0v) is 17.2. The Kier molecular flexibility index (Phi) is 5.41. The number of amides is 1. The van der Waals surface area contributed by atoms with Gasteiger partial charge in [0.25, 0.3) is 11.5 Å². The third-order valence-electron chi connectivity index (χ3n) is 5.12. The molecule has 3 heterocycles. The molecule has 4 rings (SSSR count). The molecular weight excluding hydrogens is 425 g/mol.